The molecule has 0 saturated heterocycles. The van der Waals surface area contributed by atoms with Gasteiger partial charge in [0.1, 0.15) is 29.0 Å². The molecule has 5 heteroatoms. The van der Waals surface area contributed by atoms with Crippen molar-refractivity contribution < 1.29 is 18.3 Å². The standard InChI is InChI=1S/C29H21F2NO2/c1-19(21-5-3-2-4-6-21)15-20-7-9-22(10-8-20)23-11-13-24(14-12-23)29(33)34-25-16-27(30)26(18-32)28(31)17-25/h2-14,16-17,19H,15H2,1H3/t19-/m1/s1. The average molecular weight is 453 g/mol. The first-order valence-electron chi connectivity index (χ1n) is 10.8. The number of carbonyl (C=O) groups is 1. The summed E-state index contributed by atoms with van der Waals surface area (Å²) in [6.45, 7) is 2.21. The maximum Gasteiger partial charge on any atom is 0.343 e. The van der Waals surface area contributed by atoms with Crippen molar-refractivity contribution in [3.63, 3.8) is 0 Å². The number of hydrogen-bond donors (Lipinski definition) is 0. The first-order valence-corrected chi connectivity index (χ1v) is 10.8. The van der Waals surface area contributed by atoms with E-state index in [1.54, 1.807) is 24.3 Å². The van der Waals surface area contributed by atoms with E-state index in [1.165, 1.54) is 17.2 Å². The van der Waals surface area contributed by atoms with Crippen molar-refractivity contribution >= 4 is 5.97 Å². The second-order valence-electron chi connectivity index (χ2n) is 8.05. The minimum absolute atomic E-state index is 0.238. The molecule has 0 spiro atoms. The van der Waals surface area contributed by atoms with Crippen LogP contribution in [-0.4, -0.2) is 5.97 Å². The highest BCUT2D eigenvalue weighted by Gasteiger charge is 2.15. The number of hydrogen-bond acceptors (Lipinski definition) is 3. The molecule has 0 amide bonds. The lowest BCUT2D eigenvalue weighted by Crippen LogP contribution is -2.09. The molecule has 4 aromatic carbocycles. The third kappa shape index (κ3) is 5.19. The van der Waals surface area contributed by atoms with Crippen LogP contribution in [0.3, 0.4) is 0 Å². The van der Waals surface area contributed by atoms with Crippen molar-refractivity contribution in [2.24, 2.45) is 0 Å². The van der Waals surface area contributed by atoms with Crippen molar-refractivity contribution in [3.05, 3.63) is 125 Å². The van der Waals surface area contributed by atoms with E-state index in [9.17, 15) is 13.6 Å². The molecular formula is C29H21F2NO2. The molecule has 0 aromatic heterocycles. The number of nitriles is 1. The summed E-state index contributed by atoms with van der Waals surface area (Å²) in [5, 5.41) is 8.73. The summed E-state index contributed by atoms with van der Waals surface area (Å²) in [5.74, 6) is -2.80. The van der Waals surface area contributed by atoms with Gasteiger partial charge in [0.15, 0.2) is 0 Å². The Morgan fingerprint density at radius 3 is 2.00 bits per heavy atom. The maximum absolute atomic E-state index is 13.7. The fourth-order valence-corrected chi connectivity index (χ4v) is 3.77. The van der Waals surface area contributed by atoms with E-state index in [0.29, 0.717) is 5.92 Å². The molecule has 0 fully saturated rings. The van der Waals surface area contributed by atoms with E-state index in [0.717, 1.165) is 29.7 Å². The number of esters is 1. The van der Waals surface area contributed by atoms with Crippen LogP contribution in [-0.2, 0) is 6.42 Å². The van der Waals surface area contributed by atoms with E-state index in [2.05, 4.69) is 43.3 Å². The summed E-state index contributed by atoms with van der Waals surface area (Å²) in [5.41, 5.74) is 4.00. The molecule has 0 unspecified atom stereocenters. The van der Waals surface area contributed by atoms with Crippen molar-refractivity contribution in [3.8, 4) is 22.9 Å². The minimum atomic E-state index is -1.08. The molecule has 168 valence electrons. The molecule has 0 radical (unpaired) electrons. The SMILES string of the molecule is C[C@H](Cc1ccc(-c2ccc(C(=O)Oc3cc(F)c(C#N)c(F)c3)cc2)cc1)c1ccccc1. The smallest absolute Gasteiger partial charge is 0.343 e. The molecule has 34 heavy (non-hydrogen) atoms. The summed E-state index contributed by atoms with van der Waals surface area (Å²) in [7, 11) is 0. The van der Waals surface area contributed by atoms with Gasteiger partial charge >= 0.3 is 5.97 Å². The zero-order valence-corrected chi connectivity index (χ0v) is 18.5. The van der Waals surface area contributed by atoms with Gasteiger partial charge in [0.2, 0.25) is 0 Å². The molecule has 0 bridgehead atoms. The predicted molar refractivity (Wildman–Crippen MR) is 126 cm³/mol. The van der Waals surface area contributed by atoms with E-state index >= 15 is 0 Å². The lowest BCUT2D eigenvalue weighted by atomic mass is 9.93. The van der Waals surface area contributed by atoms with Gasteiger partial charge < -0.3 is 4.74 Å². The van der Waals surface area contributed by atoms with Crippen molar-refractivity contribution in [2.75, 3.05) is 0 Å². The second-order valence-corrected chi connectivity index (χ2v) is 8.05. The molecule has 3 nitrogen and oxygen atoms in total. The number of halogens is 2. The first kappa shape index (κ1) is 22.9. The lowest BCUT2D eigenvalue weighted by Gasteiger charge is -2.12. The third-order valence-electron chi connectivity index (χ3n) is 5.66. The Hall–Kier alpha value is -4.30. The van der Waals surface area contributed by atoms with Gasteiger partial charge in [-0.05, 0) is 46.7 Å². The monoisotopic (exact) mass is 453 g/mol. The molecule has 0 aliphatic rings. The molecule has 0 aliphatic carbocycles. The summed E-state index contributed by atoms with van der Waals surface area (Å²) in [6, 6.07) is 28.5. The fourth-order valence-electron chi connectivity index (χ4n) is 3.77. The number of ether oxygens (including phenoxy) is 1. The summed E-state index contributed by atoms with van der Waals surface area (Å²) < 4.78 is 32.5. The molecule has 1 atom stereocenters. The van der Waals surface area contributed by atoms with Gasteiger partial charge in [-0.15, -0.1) is 0 Å². The highest BCUT2D eigenvalue weighted by Crippen LogP contribution is 2.25. The molecule has 0 heterocycles. The normalized spacial score (nSPS) is 11.5. The summed E-state index contributed by atoms with van der Waals surface area (Å²) >= 11 is 0. The van der Waals surface area contributed by atoms with E-state index in [1.807, 2.05) is 18.2 Å². The van der Waals surface area contributed by atoms with Gasteiger partial charge in [-0.25, -0.2) is 13.6 Å². The Balaban J connectivity index is 1.42. The van der Waals surface area contributed by atoms with Gasteiger partial charge in [-0.3, -0.25) is 0 Å². The molecule has 0 N–H and O–H groups in total. The Labute approximate surface area is 196 Å². The highest BCUT2D eigenvalue weighted by molar-refractivity contribution is 5.91. The van der Waals surface area contributed by atoms with Crippen LogP contribution in [0, 0.1) is 23.0 Å². The van der Waals surface area contributed by atoms with Crippen LogP contribution in [0.5, 0.6) is 5.75 Å². The van der Waals surface area contributed by atoms with Gasteiger partial charge in [-0.2, -0.15) is 5.26 Å². The Morgan fingerprint density at radius 1 is 0.882 bits per heavy atom. The number of benzene rings is 4. The molecule has 4 aromatic rings. The summed E-state index contributed by atoms with van der Waals surface area (Å²) in [6.07, 6.45) is 0.936. The molecule has 0 aliphatic heterocycles. The summed E-state index contributed by atoms with van der Waals surface area (Å²) in [4.78, 5) is 12.4. The van der Waals surface area contributed by atoms with Crippen molar-refractivity contribution in [1.82, 2.24) is 0 Å². The van der Waals surface area contributed by atoms with Crippen LogP contribution in [0.2, 0.25) is 0 Å². The van der Waals surface area contributed by atoms with Gasteiger partial charge in [-0.1, -0.05) is 73.7 Å². The largest absolute Gasteiger partial charge is 0.423 e. The van der Waals surface area contributed by atoms with Crippen molar-refractivity contribution in [1.29, 1.82) is 5.26 Å². The van der Waals surface area contributed by atoms with Gasteiger partial charge in [0.25, 0.3) is 0 Å². The van der Waals surface area contributed by atoms with Crippen LogP contribution >= 0.6 is 0 Å². The zero-order valence-electron chi connectivity index (χ0n) is 18.5. The van der Waals surface area contributed by atoms with E-state index < -0.39 is 23.2 Å². The average Bonchev–Trinajstić information content (AvgIpc) is 2.85. The van der Waals surface area contributed by atoms with E-state index in [-0.39, 0.29) is 11.3 Å². The minimum Gasteiger partial charge on any atom is -0.423 e. The van der Waals surface area contributed by atoms with Crippen LogP contribution in [0.4, 0.5) is 8.78 Å². The molecular weight excluding hydrogens is 432 g/mol. The van der Waals surface area contributed by atoms with Crippen LogP contribution in [0.25, 0.3) is 11.1 Å². The number of rotatable bonds is 6. The highest BCUT2D eigenvalue weighted by atomic mass is 19.1. The maximum atomic E-state index is 13.7. The molecule has 0 saturated carbocycles. The number of carbonyl (C=O) groups excluding carboxylic acids is 1. The number of nitrogens with zero attached hydrogens (tertiary/aromatic N) is 1. The lowest BCUT2D eigenvalue weighted by molar-refractivity contribution is 0.0734. The van der Waals surface area contributed by atoms with Crippen LogP contribution < -0.4 is 4.74 Å². The zero-order chi connectivity index (χ0) is 24.1. The second kappa shape index (κ2) is 10.1. The van der Waals surface area contributed by atoms with Crippen molar-refractivity contribution in [2.45, 2.75) is 19.3 Å². The quantitative estimate of drug-likeness (QED) is 0.232. The Kier molecular flexibility index (Phi) is 6.79. The van der Waals surface area contributed by atoms with Crippen LogP contribution in [0.1, 0.15) is 39.9 Å². The van der Waals surface area contributed by atoms with Crippen LogP contribution in [0.15, 0.2) is 91.0 Å². The first-order chi connectivity index (χ1) is 16.4. The Morgan fingerprint density at radius 2 is 1.44 bits per heavy atom. The van der Waals surface area contributed by atoms with Gasteiger partial charge in [0, 0.05) is 12.1 Å². The van der Waals surface area contributed by atoms with E-state index in [4.69, 9.17) is 10.00 Å². The predicted octanol–water partition coefficient (Wildman–Crippen LogP) is 7.07. The fraction of sp³-hybridized carbons (Fsp3) is 0.103. The molecule has 4 rings (SSSR count). The Bertz CT molecular complexity index is 1320. The van der Waals surface area contributed by atoms with Gasteiger partial charge in [0.05, 0.1) is 5.56 Å². The topological polar surface area (TPSA) is 50.1 Å². The third-order valence-corrected chi connectivity index (χ3v) is 5.66.